The van der Waals surface area contributed by atoms with Crippen molar-refractivity contribution in [3.05, 3.63) is 33.9 Å². The van der Waals surface area contributed by atoms with Crippen molar-refractivity contribution in [1.82, 2.24) is 4.98 Å². The van der Waals surface area contributed by atoms with Gasteiger partial charge in [-0.05, 0) is 37.5 Å². The third-order valence-electron chi connectivity index (χ3n) is 3.01. The SMILES string of the molecule is CS(=O)(=O)OCCCCc1cc2cc(Br)cc(C#N)c2[nH]1. The van der Waals surface area contributed by atoms with Crippen LogP contribution in [0, 0.1) is 11.3 Å². The first kappa shape index (κ1) is 16.0. The van der Waals surface area contributed by atoms with Gasteiger partial charge in [-0.2, -0.15) is 13.7 Å². The van der Waals surface area contributed by atoms with Gasteiger partial charge in [-0.15, -0.1) is 0 Å². The zero-order valence-electron chi connectivity index (χ0n) is 11.5. The topological polar surface area (TPSA) is 82.9 Å². The molecule has 21 heavy (non-hydrogen) atoms. The van der Waals surface area contributed by atoms with E-state index in [2.05, 4.69) is 27.0 Å². The summed E-state index contributed by atoms with van der Waals surface area (Å²) in [6.07, 6.45) is 3.30. The predicted molar refractivity (Wildman–Crippen MR) is 84.4 cm³/mol. The molecule has 2 aromatic rings. The number of fused-ring (bicyclic) bond motifs is 1. The number of benzene rings is 1. The lowest BCUT2D eigenvalue weighted by atomic mass is 10.1. The molecule has 2 rings (SSSR count). The van der Waals surface area contributed by atoms with Crippen LogP contribution in [0.1, 0.15) is 24.1 Å². The number of aromatic nitrogens is 1. The molecule has 1 N–H and O–H groups in total. The zero-order valence-corrected chi connectivity index (χ0v) is 13.9. The van der Waals surface area contributed by atoms with E-state index in [1.54, 1.807) is 6.07 Å². The molecule has 0 saturated carbocycles. The highest BCUT2D eigenvalue weighted by atomic mass is 79.9. The normalized spacial score (nSPS) is 11.7. The molecule has 112 valence electrons. The van der Waals surface area contributed by atoms with Crippen LogP contribution in [0.25, 0.3) is 10.9 Å². The van der Waals surface area contributed by atoms with Gasteiger partial charge < -0.3 is 4.98 Å². The van der Waals surface area contributed by atoms with Gasteiger partial charge in [0.25, 0.3) is 10.1 Å². The maximum Gasteiger partial charge on any atom is 0.264 e. The molecule has 0 saturated heterocycles. The van der Waals surface area contributed by atoms with Crippen molar-refractivity contribution in [3.8, 4) is 6.07 Å². The van der Waals surface area contributed by atoms with E-state index in [1.807, 2.05) is 12.1 Å². The zero-order chi connectivity index (χ0) is 15.5. The van der Waals surface area contributed by atoms with E-state index >= 15 is 0 Å². The highest BCUT2D eigenvalue weighted by Gasteiger charge is 2.07. The first-order valence-corrected chi connectivity index (χ1v) is 9.05. The van der Waals surface area contributed by atoms with Crippen LogP contribution in [0.4, 0.5) is 0 Å². The van der Waals surface area contributed by atoms with Gasteiger partial charge in [0.05, 0.1) is 23.9 Å². The lowest BCUT2D eigenvalue weighted by molar-refractivity contribution is 0.312. The summed E-state index contributed by atoms with van der Waals surface area (Å²) in [5.74, 6) is 0. The van der Waals surface area contributed by atoms with Crippen LogP contribution in [0.3, 0.4) is 0 Å². The van der Waals surface area contributed by atoms with E-state index in [-0.39, 0.29) is 6.61 Å². The van der Waals surface area contributed by atoms with Gasteiger partial charge >= 0.3 is 0 Å². The lowest BCUT2D eigenvalue weighted by Crippen LogP contribution is -2.04. The van der Waals surface area contributed by atoms with Crippen molar-refractivity contribution in [1.29, 1.82) is 5.26 Å². The minimum absolute atomic E-state index is 0.202. The van der Waals surface area contributed by atoms with Crippen LogP contribution in [0.5, 0.6) is 0 Å². The number of rotatable bonds is 6. The number of H-pyrrole nitrogens is 1. The van der Waals surface area contributed by atoms with Crippen LogP contribution in [0.15, 0.2) is 22.7 Å². The first-order chi connectivity index (χ1) is 9.89. The van der Waals surface area contributed by atoms with Crippen LogP contribution < -0.4 is 0 Å². The summed E-state index contributed by atoms with van der Waals surface area (Å²) in [4.78, 5) is 3.25. The number of hydrogen-bond donors (Lipinski definition) is 1. The van der Waals surface area contributed by atoms with Gasteiger partial charge in [0.2, 0.25) is 0 Å². The Morgan fingerprint density at radius 1 is 1.33 bits per heavy atom. The third kappa shape index (κ3) is 4.56. The standard InChI is InChI=1S/C14H15BrN2O3S/c1-21(18,19)20-5-3-2-4-13-8-10-6-12(15)7-11(9-16)14(10)17-13/h6-8,17H,2-5H2,1H3. The Balaban J connectivity index is 1.99. The largest absolute Gasteiger partial charge is 0.357 e. The Bertz CT molecular complexity index is 790. The average molecular weight is 371 g/mol. The smallest absolute Gasteiger partial charge is 0.264 e. The molecule has 1 heterocycles. The molecule has 0 aliphatic heterocycles. The van der Waals surface area contributed by atoms with Crippen molar-refractivity contribution in [2.75, 3.05) is 12.9 Å². The van der Waals surface area contributed by atoms with Crippen molar-refractivity contribution < 1.29 is 12.6 Å². The summed E-state index contributed by atoms with van der Waals surface area (Å²) < 4.78 is 27.2. The molecule has 0 aliphatic carbocycles. The van der Waals surface area contributed by atoms with E-state index in [0.717, 1.165) is 40.2 Å². The summed E-state index contributed by atoms with van der Waals surface area (Å²) in [6.45, 7) is 0.202. The predicted octanol–water partition coefficient (Wildman–Crippen LogP) is 3.10. The Hall–Kier alpha value is -1.36. The number of hydrogen-bond acceptors (Lipinski definition) is 4. The molecule has 0 radical (unpaired) electrons. The summed E-state index contributed by atoms with van der Waals surface area (Å²) in [5, 5.41) is 10.1. The summed E-state index contributed by atoms with van der Waals surface area (Å²) in [5.41, 5.74) is 2.47. The van der Waals surface area contributed by atoms with Gasteiger partial charge in [0.15, 0.2) is 0 Å². The number of unbranched alkanes of at least 4 members (excludes halogenated alkanes) is 1. The maximum absolute atomic E-state index is 10.8. The monoisotopic (exact) mass is 370 g/mol. The van der Waals surface area contributed by atoms with Gasteiger partial charge in [-0.25, -0.2) is 0 Å². The second kappa shape index (κ2) is 6.60. The van der Waals surface area contributed by atoms with E-state index in [4.69, 9.17) is 9.44 Å². The van der Waals surface area contributed by atoms with Gasteiger partial charge in [-0.3, -0.25) is 4.18 Å². The second-order valence-corrected chi connectivity index (χ2v) is 7.37. The fraction of sp³-hybridized carbons (Fsp3) is 0.357. The molecular formula is C14H15BrN2O3S. The maximum atomic E-state index is 10.8. The molecule has 0 atom stereocenters. The fourth-order valence-corrected chi connectivity index (χ4v) is 3.01. The molecule has 0 fully saturated rings. The van der Waals surface area contributed by atoms with Crippen LogP contribution >= 0.6 is 15.9 Å². The average Bonchev–Trinajstić information content (AvgIpc) is 2.78. The molecule has 7 heteroatoms. The molecule has 5 nitrogen and oxygen atoms in total. The molecule has 0 amide bonds. The Morgan fingerprint density at radius 3 is 2.76 bits per heavy atom. The summed E-state index contributed by atoms with van der Waals surface area (Å²) >= 11 is 3.39. The third-order valence-corrected chi connectivity index (χ3v) is 4.06. The minimum Gasteiger partial charge on any atom is -0.357 e. The summed E-state index contributed by atoms with van der Waals surface area (Å²) in [7, 11) is -3.35. The van der Waals surface area contributed by atoms with Gasteiger partial charge in [0.1, 0.15) is 6.07 Å². The van der Waals surface area contributed by atoms with Crippen molar-refractivity contribution in [3.63, 3.8) is 0 Å². The van der Waals surface area contributed by atoms with Crippen LogP contribution in [-0.4, -0.2) is 26.3 Å². The molecule has 0 bridgehead atoms. The molecule has 0 spiro atoms. The van der Waals surface area contributed by atoms with E-state index in [1.165, 1.54) is 0 Å². The Kier molecular flexibility index (Phi) is 5.04. The molecule has 0 aliphatic rings. The number of nitriles is 1. The van der Waals surface area contributed by atoms with Gasteiger partial charge in [0, 0.05) is 15.6 Å². The molecule has 1 aromatic heterocycles. The van der Waals surface area contributed by atoms with Crippen LogP contribution in [-0.2, 0) is 20.7 Å². The minimum atomic E-state index is -3.35. The van der Waals surface area contributed by atoms with E-state index in [9.17, 15) is 8.42 Å². The fourth-order valence-electron chi connectivity index (χ4n) is 2.12. The summed E-state index contributed by atoms with van der Waals surface area (Å²) in [6, 6.07) is 7.92. The quantitative estimate of drug-likeness (QED) is 0.625. The number of aryl methyl sites for hydroxylation is 1. The number of nitrogens with zero attached hydrogens (tertiary/aromatic N) is 1. The number of aromatic amines is 1. The van der Waals surface area contributed by atoms with E-state index in [0.29, 0.717) is 12.0 Å². The molecule has 1 aromatic carbocycles. The number of nitrogens with one attached hydrogen (secondary N) is 1. The Morgan fingerprint density at radius 2 is 2.10 bits per heavy atom. The first-order valence-electron chi connectivity index (χ1n) is 6.45. The molecule has 0 unspecified atom stereocenters. The van der Waals surface area contributed by atoms with Gasteiger partial charge in [-0.1, -0.05) is 15.9 Å². The highest BCUT2D eigenvalue weighted by Crippen LogP contribution is 2.25. The van der Waals surface area contributed by atoms with E-state index < -0.39 is 10.1 Å². The van der Waals surface area contributed by atoms with Crippen molar-refractivity contribution in [2.45, 2.75) is 19.3 Å². The Labute approximate surface area is 132 Å². The van der Waals surface area contributed by atoms with Crippen molar-refractivity contribution in [2.24, 2.45) is 0 Å². The van der Waals surface area contributed by atoms with Crippen LogP contribution in [0.2, 0.25) is 0 Å². The highest BCUT2D eigenvalue weighted by molar-refractivity contribution is 9.10. The number of halogens is 1. The second-order valence-electron chi connectivity index (χ2n) is 4.81. The lowest BCUT2D eigenvalue weighted by Gasteiger charge is -2.00. The molecular weight excluding hydrogens is 356 g/mol. The van der Waals surface area contributed by atoms with Crippen molar-refractivity contribution >= 4 is 37.0 Å².